The molecule has 1 fully saturated rings. The standard InChI is InChI=1S/C12H22O2/c1-10(8-9-14-2)11-6-4-3-5-7-12(11)13/h10-11H,3-9H2,1-2H3. The molecular weight excluding hydrogens is 176 g/mol. The van der Waals surface area contributed by atoms with Gasteiger partial charge in [0.2, 0.25) is 0 Å². The van der Waals surface area contributed by atoms with E-state index in [9.17, 15) is 4.79 Å². The van der Waals surface area contributed by atoms with Gasteiger partial charge in [-0.05, 0) is 25.2 Å². The molecule has 0 bridgehead atoms. The minimum Gasteiger partial charge on any atom is -0.385 e. The first-order valence-electron chi connectivity index (χ1n) is 5.77. The maximum atomic E-state index is 11.8. The van der Waals surface area contributed by atoms with E-state index in [0.29, 0.717) is 17.6 Å². The Morgan fingerprint density at radius 3 is 2.93 bits per heavy atom. The first-order chi connectivity index (χ1) is 6.75. The summed E-state index contributed by atoms with van der Waals surface area (Å²) in [5.74, 6) is 1.30. The highest BCUT2D eigenvalue weighted by Gasteiger charge is 2.25. The Balaban J connectivity index is 2.41. The molecule has 1 rings (SSSR count). The van der Waals surface area contributed by atoms with Gasteiger partial charge >= 0.3 is 0 Å². The Kier molecular flexibility index (Phi) is 5.16. The van der Waals surface area contributed by atoms with Crippen LogP contribution in [0, 0.1) is 11.8 Å². The molecule has 1 aliphatic rings. The number of ketones is 1. The molecular formula is C12H22O2. The largest absolute Gasteiger partial charge is 0.385 e. The predicted octanol–water partition coefficient (Wildman–Crippen LogP) is 2.81. The summed E-state index contributed by atoms with van der Waals surface area (Å²) in [5.41, 5.74) is 0. The summed E-state index contributed by atoms with van der Waals surface area (Å²) in [4.78, 5) is 11.8. The summed E-state index contributed by atoms with van der Waals surface area (Å²) < 4.78 is 5.06. The van der Waals surface area contributed by atoms with Gasteiger partial charge < -0.3 is 4.74 Å². The summed E-state index contributed by atoms with van der Waals surface area (Å²) in [6.45, 7) is 2.97. The van der Waals surface area contributed by atoms with E-state index < -0.39 is 0 Å². The maximum Gasteiger partial charge on any atom is 0.136 e. The number of methoxy groups -OCH3 is 1. The minimum absolute atomic E-state index is 0.313. The second-order valence-corrected chi connectivity index (χ2v) is 4.43. The maximum absolute atomic E-state index is 11.8. The van der Waals surface area contributed by atoms with Gasteiger partial charge in [0.25, 0.3) is 0 Å². The Bertz CT molecular complexity index is 177. The summed E-state index contributed by atoms with van der Waals surface area (Å²) >= 11 is 0. The first kappa shape index (κ1) is 11.7. The zero-order valence-corrected chi connectivity index (χ0v) is 9.42. The van der Waals surface area contributed by atoms with Crippen molar-refractivity contribution in [2.75, 3.05) is 13.7 Å². The average molecular weight is 198 g/mol. The zero-order chi connectivity index (χ0) is 10.4. The van der Waals surface area contributed by atoms with Crippen LogP contribution in [0.5, 0.6) is 0 Å². The van der Waals surface area contributed by atoms with Crippen LogP contribution in [-0.4, -0.2) is 19.5 Å². The zero-order valence-electron chi connectivity index (χ0n) is 9.42. The van der Waals surface area contributed by atoms with Crippen molar-refractivity contribution in [3.63, 3.8) is 0 Å². The van der Waals surface area contributed by atoms with Crippen LogP contribution in [0.2, 0.25) is 0 Å². The Hall–Kier alpha value is -0.370. The lowest BCUT2D eigenvalue weighted by molar-refractivity contribution is -0.124. The smallest absolute Gasteiger partial charge is 0.136 e. The molecule has 1 saturated carbocycles. The van der Waals surface area contributed by atoms with Crippen molar-refractivity contribution < 1.29 is 9.53 Å². The van der Waals surface area contributed by atoms with Crippen molar-refractivity contribution in [1.29, 1.82) is 0 Å². The molecule has 0 aromatic rings. The van der Waals surface area contributed by atoms with Crippen LogP contribution in [0.4, 0.5) is 0 Å². The van der Waals surface area contributed by atoms with Crippen molar-refractivity contribution in [2.24, 2.45) is 11.8 Å². The fourth-order valence-corrected chi connectivity index (χ4v) is 2.29. The molecule has 2 atom stereocenters. The van der Waals surface area contributed by atoms with Crippen LogP contribution in [0.25, 0.3) is 0 Å². The molecule has 0 spiro atoms. The highest BCUT2D eigenvalue weighted by Crippen LogP contribution is 2.27. The molecule has 82 valence electrons. The molecule has 0 aromatic heterocycles. The number of hydrogen-bond donors (Lipinski definition) is 0. The summed E-state index contributed by atoms with van der Waals surface area (Å²) in [6, 6.07) is 0. The highest BCUT2D eigenvalue weighted by molar-refractivity contribution is 5.81. The van der Waals surface area contributed by atoms with Crippen LogP contribution >= 0.6 is 0 Å². The third kappa shape index (κ3) is 3.41. The number of hydrogen-bond acceptors (Lipinski definition) is 2. The second kappa shape index (κ2) is 6.18. The predicted molar refractivity (Wildman–Crippen MR) is 57.2 cm³/mol. The Morgan fingerprint density at radius 1 is 1.43 bits per heavy atom. The van der Waals surface area contributed by atoms with E-state index in [1.165, 1.54) is 12.8 Å². The van der Waals surface area contributed by atoms with Crippen molar-refractivity contribution in [1.82, 2.24) is 0 Å². The van der Waals surface area contributed by atoms with Crippen LogP contribution in [0.3, 0.4) is 0 Å². The molecule has 0 radical (unpaired) electrons. The van der Waals surface area contributed by atoms with E-state index >= 15 is 0 Å². The fraction of sp³-hybridized carbons (Fsp3) is 0.917. The van der Waals surface area contributed by atoms with Gasteiger partial charge in [-0.2, -0.15) is 0 Å². The monoisotopic (exact) mass is 198 g/mol. The molecule has 0 N–H and O–H groups in total. The van der Waals surface area contributed by atoms with E-state index in [1.54, 1.807) is 7.11 Å². The number of rotatable bonds is 4. The quantitative estimate of drug-likeness (QED) is 0.649. The number of carbonyl (C=O) groups is 1. The van der Waals surface area contributed by atoms with Crippen LogP contribution in [-0.2, 0) is 9.53 Å². The van der Waals surface area contributed by atoms with Gasteiger partial charge in [-0.15, -0.1) is 0 Å². The topological polar surface area (TPSA) is 26.3 Å². The average Bonchev–Trinajstić information content (AvgIpc) is 2.39. The van der Waals surface area contributed by atoms with Gasteiger partial charge in [0.05, 0.1) is 0 Å². The van der Waals surface area contributed by atoms with Crippen LogP contribution in [0.15, 0.2) is 0 Å². The molecule has 0 heterocycles. The lowest BCUT2D eigenvalue weighted by Gasteiger charge is -2.20. The Morgan fingerprint density at radius 2 is 2.21 bits per heavy atom. The number of Topliss-reactive ketones (excluding diaryl/α,β-unsaturated/α-hetero) is 1. The van der Waals surface area contributed by atoms with Gasteiger partial charge in [-0.1, -0.05) is 19.8 Å². The minimum atomic E-state index is 0.313. The Labute approximate surface area is 87.0 Å². The van der Waals surface area contributed by atoms with Crippen LogP contribution in [0.1, 0.15) is 45.4 Å². The molecule has 0 aliphatic heterocycles. The van der Waals surface area contributed by atoms with Crippen molar-refractivity contribution >= 4 is 5.78 Å². The summed E-state index contributed by atoms with van der Waals surface area (Å²) in [5, 5.41) is 0. The summed E-state index contributed by atoms with van der Waals surface area (Å²) in [7, 11) is 1.72. The van der Waals surface area contributed by atoms with Crippen LogP contribution < -0.4 is 0 Å². The van der Waals surface area contributed by atoms with Gasteiger partial charge in [0.1, 0.15) is 5.78 Å². The lowest BCUT2D eigenvalue weighted by Crippen LogP contribution is -2.21. The van der Waals surface area contributed by atoms with Gasteiger partial charge in [-0.25, -0.2) is 0 Å². The molecule has 1 aliphatic carbocycles. The fourth-order valence-electron chi connectivity index (χ4n) is 2.29. The summed E-state index contributed by atoms with van der Waals surface area (Å²) in [6.07, 6.45) is 6.50. The van der Waals surface area contributed by atoms with Crippen molar-refractivity contribution in [3.8, 4) is 0 Å². The number of carbonyl (C=O) groups excluding carboxylic acids is 1. The van der Waals surface area contributed by atoms with E-state index in [2.05, 4.69) is 6.92 Å². The van der Waals surface area contributed by atoms with Gasteiger partial charge in [0, 0.05) is 26.1 Å². The first-order valence-corrected chi connectivity index (χ1v) is 5.77. The van der Waals surface area contributed by atoms with Gasteiger partial charge in [-0.3, -0.25) is 4.79 Å². The molecule has 0 aromatic carbocycles. The SMILES string of the molecule is COCCC(C)C1CCCCCC1=O. The molecule has 14 heavy (non-hydrogen) atoms. The highest BCUT2D eigenvalue weighted by atomic mass is 16.5. The molecule has 2 unspecified atom stereocenters. The molecule has 0 saturated heterocycles. The third-order valence-electron chi connectivity index (χ3n) is 3.32. The third-order valence-corrected chi connectivity index (χ3v) is 3.32. The lowest BCUT2D eigenvalue weighted by atomic mass is 9.85. The van der Waals surface area contributed by atoms with E-state index in [4.69, 9.17) is 4.74 Å². The van der Waals surface area contributed by atoms with E-state index in [0.717, 1.165) is 32.3 Å². The number of ether oxygens (including phenoxy) is 1. The molecule has 2 heteroatoms. The van der Waals surface area contributed by atoms with E-state index in [1.807, 2.05) is 0 Å². The van der Waals surface area contributed by atoms with Gasteiger partial charge in [0.15, 0.2) is 0 Å². The normalized spacial score (nSPS) is 25.9. The second-order valence-electron chi connectivity index (χ2n) is 4.43. The molecule has 0 amide bonds. The van der Waals surface area contributed by atoms with Crippen molar-refractivity contribution in [3.05, 3.63) is 0 Å². The molecule has 2 nitrogen and oxygen atoms in total. The van der Waals surface area contributed by atoms with Crippen molar-refractivity contribution in [2.45, 2.75) is 45.4 Å². The van der Waals surface area contributed by atoms with E-state index in [-0.39, 0.29) is 0 Å².